The van der Waals surface area contributed by atoms with Crippen LogP contribution in [-0.2, 0) is 9.84 Å². The molecule has 0 spiro atoms. The van der Waals surface area contributed by atoms with E-state index in [0.717, 1.165) is 5.57 Å². The highest BCUT2D eigenvalue weighted by Crippen LogP contribution is 2.38. The van der Waals surface area contributed by atoms with E-state index >= 15 is 0 Å². The summed E-state index contributed by atoms with van der Waals surface area (Å²) in [6.45, 7) is 1.86. The third-order valence-corrected chi connectivity index (χ3v) is 5.36. The standard InChI is InChI=1S/C13H13NO2S/c1-11-7-8-13(9-11,10-14)17(15,16)12-5-3-2-4-6-12/h2-6,9H,7-8H2,1H3/t13-/m0/s1. The molecule has 1 atom stereocenters. The van der Waals surface area contributed by atoms with E-state index in [1.165, 1.54) is 12.1 Å². The SMILES string of the molecule is CC1=C[C@@](C#N)(S(=O)(=O)c2ccccc2)CC1. The van der Waals surface area contributed by atoms with E-state index in [1.807, 2.05) is 13.0 Å². The zero-order valence-electron chi connectivity index (χ0n) is 9.55. The number of hydrogen-bond donors (Lipinski definition) is 0. The summed E-state index contributed by atoms with van der Waals surface area (Å²) in [4.78, 5) is 0.215. The molecule has 1 aliphatic rings. The summed E-state index contributed by atoms with van der Waals surface area (Å²) in [5.41, 5.74) is 0.964. The van der Waals surface area contributed by atoms with Gasteiger partial charge in [-0.15, -0.1) is 0 Å². The number of rotatable bonds is 2. The van der Waals surface area contributed by atoms with Crippen LogP contribution in [0, 0.1) is 11.3 Å². The lowest BCUT2D eigenvalue weighted by molar-refractivity contribution is 0.573. The number of allylic oxidation sites excluding steroid dienone is 1. The van der Waals surface area contributed by atoms with Gasteiger partial charge in [-0.05, 0) is 31.9 Å². The first-order chi connectivity index (χ1) is 8.02. The quantitative estimate of drug-likeness (QED) is 0.754. The van der Waals surface area contributed by atoms with E-state index in [2.05, 4.69) is 0 Å². The van der Waals surface area contributed by atoms with Gasteiger partial charge in [0.15, 0.2) is 4.75 Å². The Morgan fingerprint density at radius 2 is 1.94 bits per heavy atom. The minimum Gasteiger partial charge on any atom is -0.222 e. The van der Waals surface area contributed by atoms with Gasteiger partial charge in [0.2, 0.25) is 9.84 Å². The van der Waals surface area contributed by atoms with Gasteiger partial charge in [-0.2, -0.15) is 5.26 Å². The minimum absolute atomic E-state index is 0.215. The lowest BCUT2D eigenvalue weighted by Gasteiger charge is -2.18. The van der Waals surface area contributed by atoms with Gasteiger partial charge < -0.3 is 0 Å². The van der Waals surface area contributed by atoms with Crippen LogP contribution in [0.4, 0.5) is 0 Å². The third kappa shape index (κ3) is 1.77. The molecule has 17 heavy (non-hydrogen) atoms. The third-order valence-electron chi connectivity index (χ3n) is 3.09. The van der Waals surface area contributed by atoms with E-state index in [1.54, 1.807) is 24.3 Å². The Kier molecular flexibility index (Phi) is 2.80. The summed E-state index contributed by atoms with van der Waals surface area (Å²) >= 11 is 0. The molecule has 0 N–H and O–H groups in total. The monoisotopic (exact) mass is 247 g/mol. The van der Waals surface area contributed by atoms with Gasteiger partial charge in [-0.25, -0.2) is 8.42 Å². The van der Waals surface area contributed by atoms with Gasteiger partial charge in [0, 0.05) is 0 Å². The van der Waals surface area contributed by atoms with Crippen LogP contribution in [0.5, 0.6) is 0 Å². The lowest BCUT2D eigenvalue weighted by atomic mass is 10.1. The highest BCUT2D eigenvalue weighted by atomic mass is 32.2. The first-order valence-corrected chi connectivity index (χ1v) is 6.89. The number of hydrogen-bond acceptors (Lipinski definition) is 3. The predicted octanol–water partition coefficient (Wildman–Crippen LogP) is 2.46. The Morgan fingerprint density at radius 3 is 2.41 bits per heavy atom. The van der Waals surface area contributed by atoms with E-state index in [0.29, 0.717) is 12.8 Å². The van der Waals surface area contributed by atoms with Crippen molar-refractivity contribution >= 4 is 9.84 Å². The maximum Gasteiger partial charge on any atom is 0.201 e. The predicted molar refractivity (Wildman–Crippen MR) is 65.0 cm³/mol. The van der Waals surface area contributed by atoms with Crippen molar-refractivity contribution in [2.75, 3.05) is 0 Å². The highest BCUT2D eigenvalue weighted by Gasteiger charge is 2.45. The summed E-state index contributed by atoms with van der Waals surface area (Å²) in [6, 6.07) is 10.2. The van der Waals surface area contributed by atoms with Crippen LogP contribution in [0.3, 0.4) is 0 Å². The number of nitrogens with zero attached hydrogens (tertiary/aromatic N) is 1. The van der Waals surface area contributed by atoms with Gasteiger partial charge in [-0.1, -0.05) is 29.8 Å². The van der Waals surface area contributed by atoms with Crippen molar-refractivity contribution < 1.29 is 8.42 Å². The first kappa shape index (κ1) is 11.9. The molecular weight excluding hydrogens is 234 g/mol. The number of nitriles is 1. The van der Waals surface area contributed by atoms with Crippen molar-refractivity contribution in [1.29, 1.82) is 5.26 Å². The summed E-state index contributed by atoms with van der Waals surface area (Å²) in [6.07, 6.45) is 2.61. The van der Waals surface area contributed by atoms with E-state index in [-0.39, 0.29) is 4.90 Å². The molecule has 1 aromatic carbocycles. The molecule has 0 unspecified atom stereocenters. The minimum atomic E-state index is -3.62. The zero-order chi connectivity index (χ0) is 12.5. The molecule has 0 amide bonds. The van der Waals surface area contributed by atoms with E-state index in [4.69, 9.17) is 0 Å². The Hall–Kier alpha value is -1.60. The molecule has 4 heteroatoms. The van der Waals surface area contributed by atoms with Crippen molar-refractivity contribution in [1.82, 2.24) is 0 Å². The summed E-state index contributed by atoms with van der Waals surface area (Å²) in [5, 5.41) is 9.26. The maximum atomic E-state index is 12.5. The van der Waals surface area contributed by atoms with Gasteiger partial charge in [0.25, 0.3) is 0 Å². The summed E-state index contributed by atoms with van der Waals surface area (Å²) in [5.74, 6) is 0. The fourth-order valence-electron chi connectivity index (χ4n) is 2.10. The zero-order valence-corrected chi connectivity index (χ0v) is 10.4. The average Bonchev–Trinajstić information content (AvgIpc) is 2.74. The molecule has 0 heterocycles. The van der Waals surface area contributed by atoms with Crippen LogP contribution < -0.4 is 0 Å². The molecule has 0 radical (unpaired) electrons. The van der Waals surface area contributed by atoms with Crippen molar-refractivity contribution in [3.05, 3.63) is 42.0 Å². The second kappa shape index (κ2) is 4.01. The van der Waals surface area contributed by atoms with E-state index < -0.39 is 14.6 Å². The second-order valence-electron chi connectivity index (χ2n) is 4.31. The van der Waals surface area contributed by atoms with Gasteiger partial charge in [0.05, 0.1) is 11.0 Å². The van der Waals surface area contributed by atoms with Gasteiger partial charge in [-0.3, -0.25) is 0 Å². The van der Waals surface area contributed by atoms with Crippen molar-refractivity contribution in [3.8, 4) is 6.07 Å². The molecule has 2 rings (SSSR count). The van der Waals surface area contributed by atoms with Gasteiger partial charge >= 0.3 is 0 Å². The number of sulfone groups is 1. The first-order valence-electron chi connectivity index (χ1n) is 5.41. The Bertz CT molecular complexity index is 596. The second-order valence-corrected chi connectivity index (χ2v) is 6.52. The average molecular weight is 247 g/mol. The molecule has 88 valence electrons. The fraction of sp³-hybridized carbons (Fsp3) is 0.308. The molecule has 0 bridgehead atoms. The molecule has 0 aliphatic heterocycles. The molecule has 0 aromatic heterocycles. The van der Waals surface area contributed by atoms with Crippen LogP contribution in [0.1, 0.15) is 19.8 Å². The largest absolute Gasteiger partial charge is 0.222 e. The molecule has 1 aromatic rings. The van der Waals surface area contributed by atoms with Crippen LogP contribution in [0.15, 0.2) is 46.9 Å². The van der Waals surface area contributed by atoms with Crippen LogP contribution in [0.25, 0.3) is 0 Å². The molecule has 0 saturated heterocycles. The van der Waals surface area contributed by atoms with Gasteiger partial charge in [0.1, 0.15) is 0 Å². The summed E-state index contributed by atoms with van der Waals surface area (Å²) < 4.78 is 23.6. The fourth-order valence-corrected chi connectivity index (χ4v) is 3.88. The molecule has 3 nitrogen and oxygen atoms in total. The maximum absolute atomic E-state index is 12.5. The number of benzene rings is 1. The van der Waals surface area contributed by atoms with Crippen LogP contribution >= 0.6 is 0 Å². The Balaban J connectivity index is 2.58. The normalized spacial score (nSPS) is 24.1. The van der Waals surface area contributed by atoms with E-state index in [9.17, 15) is 13.7 Å². The van der Waals surface area contributed by atoms with Crippen molar-refractivity contribution in [2.45, 2.75) is 29.4 Å². The molecule has 0 saturated carbocycles. The Morgan fingerprint density at radius 1 is 1.29 bits per heavy atom. The van der Waals surface area contributed by atoms with Crippen molar-refractivity contribution in [3.63, 3.8) is 0 Å². The summed E-state index contributed by atoms with van der Waals surface area (Å²) in [7, 11) is -3.62. The topological polar surface area (TPSA) is 57.9 Å². The van der Waals surface area contributed by atoms with Crippen molar-refractivity contribution in [2.24, 2.45) is 0 Å². The van der Waals surface area contributed by atoms with Crippen LogP contribution in [0.2, 0.25) is 0 Å². The smallest absolute Gasteiger partial charge is 0.201 e. The molecule has 0 fully saturated rings. The molecule has 1 aliphatic carbocycles. The lowest BCUT2D eigenvalue weighted by Crippen LogP contribution is -2.33. The van der Waals surface area contributed by atoms with Crippen LogP contribution in [-0.4, -0.2) is 13.2 Å². The highest BCUT2D eigenvalue weighted by molar-refractivity contribution is 7.93. The molecular formula is C13H13NO2S. The Labute approximate surface area is 101 Å².